The number of carbonyl (C=O) groups excluding carboxylic acids is 2. The van der Waals surface area contributed by atoms with Gasteiger partial charge in [0.15, 0.2) is 0 Å². The van der Waals surface area contributed by atoms with Crippen LogP contribution < -0.4 is 0 Å². The monoisotopic (exact) mass is 417 g/mol. The summed E-state index contributed by atoms with van der Waals surface area (Å²) in [7, 11) is 0. The van der Waals surface area contributed by atoms with E-state index in [-0.39, 0.29) is 23.7 Å². The van der Waals surface area contributed by atoms with E-state index in [1.165, 1.54) is 4.90 Å². The van der Waals surface area contributed by atoms with Crippen LogP contribution in [0.3, 0.4) is 0 Å². The highest BCUT2D eigenvalue weighted by atomic mass is 16.2. The molecule has 0 aromatic heterocycles. The van der Waals surface area contributed by atoms with Gasteiger partial charge < -0.3 is 0 Å². The van der Waals surface area contributed by atoms with Crippen molar-refractivity contribution in [3.8, 4) is 0 Å². The van der Waals surface area contributed by atoms with Crippen molar-refractivity contribution in [2.75, 3.05) is 0 Å². The molecule has 3 heteroatoms. The molecule has 1 aliphatic heterocycles. The Balaban J connectivity index is 1.52. The second kappa shape index (κ2) is 7.16. The lowest BCUT2D eigenvalue weighted by molar-refractivity contribution is -0.142. The van der Waals surface area contributed by atoms with Crippen LogP contribution >= 0.6 is 0 Å². The van der Waals surface area contributed by atoms with E-state index in [2.05, 4.69) is 24.3 Å². The van der Waals surface area contributed by atoms with Gasteiger partial charge in [0.05, 0.1) is 17.4 Å². The Hall–Kier alpha value is -3.72. The second-order valence-electron chi connectivity index (χ2n) is 8.88. The Morgan fingerprint density at radius 3 is 1.72 bits per heavy atom. The fourth-order valence-corrected chi connectivity index (χ4v) is 5.81. The molecule has 3 nitrogen and oxygen atoms in total. The van der Waals surface area contributed by atoms with Gasteiger partial charge in [0, 0.05) is 11.8 Å². The standard InChI is InChI=1S/C29H23NO2/c31-27-25-24(20-10-4-1-5-11-20)21-16-18-29(25,19-17-21)28(32)30(27)26(22-12-6-2-7-13-22)23-14-8-3-9-15-23/h1-19,21,24-26H/t21?,24-,25-,29?/m1/s1. The van der Waals surface area contributed by atoms with Gasteiger partial charge in [0.25, 0.3) is 0 Å². The van der Waals surface area contributed by atoms with Crippen molar-refractivity contribution in [1.29, 1.82) is 0 Å². The molecule has 7 rings (SSSR count). The average Bonchev–Trinajstić information content (AvgIpc) is 3.08. The van der Waals surface area contributed by atoms with Crippen LogP contribution in [0.5, 0.6) is 0 Å². The number of nitrogens with zero attached hydrogens (tertiary/aromatic N) is 1. The smallest absolute Gasteiger partial charge is 0.244 e. The highest BCUT2D eigenvalue weighted by Gasteiger charge is 2.64. The molecule has 3 aromatic rings. The van der Waals surface area contributed by atoms with Gasteiger partial charge in [-0.15, -0.1) is 0 Å². The Morgan fingerprint density at radius 2 is 1.19 bits per heavy atom. The summed E-state index contributed by atoms with van der Waals surface area (Å²) in [5.74, 6) is -0.558. The number of allylic oxidation sites excluding steroid dienone is 2. The summed E-state index contributed by atoms with van der Waals surface area (Å²) in [5.41, 5.74) is 2.08. The molecule has 3 aliphatic carbocycles. The van der Waals surface area contributed by atoms with E-state index in [1.54, 1.807) is 0 Å². The summed E-state index contributed by atoms with van der Waals surface area (Å²) in [6, 6.07) is 29.4. The first kappa shape index (κ1) is 19.0. The maximum atomic E-state index is 14.1. The van der Waals surface area contributed by atoms with E-state index in [0.29, 0.717) is 0 Å². The van der Waals surface area contributed by atoms with Crippen LogP contribution in [0, 0.1) is 17.3 Å². The fraction of sp³-hybridized carbons (Fsp3) is 0.172. The summed E-state index contributed by atoms with van der Waals surface area (Å²) in [6.07, 6.45) is 8.19. The number of imide groups is 1. The minimum absolute atomic E-state index is 0.0418. The molecule has 0 unspecified atom stereocenters. The van der Waals surface area contributed by atoms with E-state index >= 15 is 0 Å². The predicted molar refractivity (Wildman–Crippen MR) is 123 cm³/mol. The minimum atomic E-state index is -0.909. The molecule has 1 spiro atoms. The van der Waals surface area contributed by atoms with Crippen molar-refractivity contribution in [2.45, 2.75) is 12.0 Å². The molecule has 4 aliphatic rings. The first-order valence-corrected chi connectivity index (χ1v) is 11.1. The van der Waals surface area contributed by atoms with E-state index in [4.69, 9.17) is 0 Å². The molecule has 3 aromatic carbocycles. The molecular formula is C29H23NO2. The largest absolute Gasteiger partial charge is 0.274 e. The first-order valence-electron chi connectivity index (χ1n) is 11.1. The van der Waals surface area contributed by atoms with Crippen LogP contribution in [0.4, 0.5) is 0 Å². The Bertz CT molecular complexity index is 1180. The molecule has 156 valence electrons. The fourth-order valence-electron chi connectivity index (χ4n) is 5.81. The van der Waals surface area contributed by atoms with Crippen molar-refractivity contribution < 1.29 is 9.59 Å². The predicted octanol–water partition coefficient (Wildman–Crippen LogP) is 5.29. The van der Waals surface area contributed by atoms with Crippen LogP contribution in [-0.2, 0) is 9.59 Å². The van der Waals surface area contributed by atoms with Gasteiger partial charge in [0.2, 0.25) is 11.8 Å². The lowest BCUT2D eigenvalue weighted by Gasteiger charge is -2.42. The number of hydrogen-bond acceptors (Lipinski definition) is 2. The van der Waals surface area contributed by atoms with Crippen molar-refractivity contribution in [3.63, 3.8) is 0 Å². The molecule has 0 N–H and O–H groups in total. The SMILES string of the molecule is O=C1[C@H]2[C@H](c3ccccc3)C3C=CC2(C=C3)C(=O)N1C(c1ccccc1)c1ccccc1. The van der Waals surface area contributed by atoms with Gasteiger partial charge in [-0.1, -0.05) is 115 Å². The van der Waals surface area contributed by atoms with E-state index < -0.39 is 17.4 Å². The van der Waals surface area contributed by atoms with E-state index in [1.807, 2.05) is 91.0 Å². The number of carbonyl (C=O) groups is 2. The van der Waals surface area contributed by atoms with Crippen molar-refractivity contribution in [3.05, 3.63) is 132 Å². The molecule has 1 saturated heterocycles. The first-order chi connectivity index (χ1) is 15.7. The maximum absolute atomic E-state index is 14.1. The third kappa shape index (κ3) is 2.61. The van der Waals surface area contributed by atoms with E-state index in [0.717, 1.165) is 16.7 Å². The number of amides is 2. The number of benzene rings is 3. The molecule has 1 heterocycles. The molecule has 1 fully saturated rings. The Labute approximate surface area is 187 Å². The Morgan fingerprint density at radius 1 is 0.688 bits per heavy atom. The molecule has 0 radical (unpaired) electrons. The number of hydrogen-bond donors (Lipinski definition) is 0. The average molecular weight is 418 g/mol. The van der Waals surface area contributed by atoms with Gasteiger partial charge in [-0.3, -0.25) is 14.5 Å². The zero-order valence-electron chi connectivity index (χ0n) is 17.5. The summed E-state index contributed by atoms with van der Waals surface area (Å²) < 4.78 is 0. The molecule has 32 heavy (non-hydrogen) atoms. The normalized spacial score (nSPS) is 27.9. The zero-order chi connectivity index (χ0) is 21.7. The van der Waals surface area contributed by atoms with Crippen LogP contribution in [0.15, 0.2) is 115 Å². The third-order valence-electron chi connectivity index (χ3n) is 7.24. The van der Waals surface area contributed by atoms with Gasteiger partial charge in [-0.25, -0.2) is 0 Å². The van der Waals surface area contributed by atoms with Crippen LogP contribution in [0.2, 0.25) is 0 Å². The number of rotatable bonds is 4. The maximum Gasteiger partial charge on any atom is 0.244 e. The summed E-state index contributed by atoms with van der Waals surface area (Å²) >= 11 is 0. The zero-order valence-corrected chi connectivity index (χ0v) is 17.5. The quantitative estimate of drug-likeness (QED) is 0.427. The third-order valence-corrected chi connectivity index (χ3v) is 7.24. The highest BCUT2D eigenvalue weighted by Crippen LogP contribution is 2.59. The van der Waals surface area contributed by atoms with Gasteiger partial charge in [-0.2, -0.15) is 0 Å². The number of likely N-dealkylation sites (tertiary alicyclic amines) is 1. The van der Waals surface area contributed by atoms with Crippen LogP contribution in [-0.4, -0.2) is 16.7 Å². The van der Waals surface area contributed by atoms with Gasteiger partial charge >= 0.3 is 0 Å². The molecule has 2 bridgehead atoms. The molecule has 2 atom stereocenters. The lowest BCUT2D eigenvalue weighted by atomic mass is 9.57. The van der Waals surface area contributed by atoms with Crippen LogP contribution in [0.1, 0.15) is 28.7 Å². The molecule has 2 amide bonds. The van der Waals surface area contributed by atoms with Gasteiger partial charge in [0.1, 0.15) is 0 Å². The van der Waals surface area contributed by atoms with Gasteiger partial charge in [-0.05, 0) is 16.7 Å². The van der Waals surface area contributed by atoms with Crippen molar-refractivity contribution in [1.82, 2.24) is 4.90 Å². The topological polar surface area (TPSA) is 37.4 Å². The van der Waals surface area contributed by atoms with Crippen LogP contribution in [0.25, 0.3) is 0 Å². The highest BCUT2D eigenvalue weighted by molar-refractivity contribution is 6.11. The van der Waals surface area contributed by atoms with Crippen molar-refractivity contribution >= 4 is 11.8 Å². The summed E-state index contributed by atoms with van der Waals surface area (Å²) in [6.45, 7) is 0. The summed E-state index contributed by atoms with van der Waals surface area (Å²) in [5, 5.41) is 0. The Kier molecular flexibility index (Phi) is 4.25. The molecule has 0 saturated carbocycles. The van der Waals surface area contributed by atoms with E-state index in [9.17, 15) is 9.59 Å². The molecular weight excluding hydrogens is 394 g/mol. The lowest BCUT2D eigenvalue weighted by Crippen LogP contribution is -2.43. The summed E-state index contributed by atoms with van der Waals surface area (Å²) in [4.78, 5) is 29.8. The van der Waals surface area contributed by atoms with Crippen molar-refractivity contribution in [2.24, 2.45) is 17.3 Å². The minimum Gasteiger partial charge on any atom is -0.274 e. The second-order valence-corrected chi connectivity index (χ2v) is 8.88.